The van der Waals surface area contributed by atoms with Gasteiger partial charge in [-0.15, -0.1) is 0 Å². The average molecular weight is 377 g/mol. The van der Waals surface area contributed by atoms with Gasteiger partial charge in [-0.3, -0.25) is 4.99 Å². The molecular weight excluding hydrogens is 348 g/mol. The number of nitrogens with zero attached hydrogens (tertiary/aromatic N) is 3. The van der Waals surface area contributed by atoms with E-state index in [-0.39, 0.29) is 0 Å². The molecule has 0 aliphatic carbocycles. The summed E-state index contributed by atoms with van der Waals surface area (Å²) in [6.07, 6.45) is 4.32. The summed E-state index contributed by atoms with van der Waals surface area (Å²) in [4.78, 5) is 9.23. The van der Waals surface area contributed by atoms with Gasteiger partial charge in [-0.05, 0) is 37.5 Å². The van der Waals surface area contributed by atoms with Crippen molar-refractivity contribution in [3.63, 3.8) is 0 Å². The summed E-state index contributed by atoms with van der Waals surface area (Å²) < 4.78 is 5.36. The van der Waals surface area contributed by atoms with Crippen molar-refractivity contribution in [3.05, 3.63) is 40.4 Å². The number of nitrogens with one attached hydrogen (secondary N) is 1. The predicted octanol–water partition coefficient (Wildman–Crippen LogP) is 3.08. The second-order valence-electron chi connectivity index (χ2n) is 6.82. The molecule has 1 aromatic rings. The van der Waals surface area contributed by atoms with E-state index in [4.69, 9.17) is 16.3 Å². The summed E-state index contributed by atoms with van der Waals surface area (Å²) in [7, 11) is 1.86. The fourth-order valence-electron chi connectivity index (χ4n) is 3.54. The lowest BCUT2D eigenvalue weighted by Gasteiger charge is -2.38. The molecule has 0 aromatic heterocycles. The number of hydrogen-bond donors (Lipinski definition) is 1. The highest BCUT2D eigenvalue weighted by atomic mass is 35.5. The fraction of sp³-hybridized carbons (Fsp3) is 0.550. The van der Waals surface area contributed by atoms with Crippen molar-refractivity contribution in [1.82, 2.24) is 10.2 Å². The molecule has 1 N–H and O–H groups in total. The minimum Gasteiger partial charge on any atom is -0.377 e. The van der Waals surface area contributed by atoms with E-state index in [0.29, 0.717) is 0 Å². The van der Waals surface area contributed by atoms with Crippen molar-refractivity contribution < 1.29 is 4.74 Å². The van der Waals surface area contributed by atoms with E-state index in [1.54, 1.807) is 0 Å². The quantitative estimate of drug-likeness (QED) is 0.498. The third kappa shape index (κ3) is 4.92. The Bertz CT molecular complexity index is 666. The van der Waals surface area contributed by atoms with E-state index >= 15 is 0 Å². The summed E-state index contributed by atoms with van der Waals surface area (Å²) in [5.41, 5.74) is 4.00. The molecule has 0 unspecified atom stereocenters. The van der Waals surface area contributed by atoms with E-state index in [1.807, 2.05) is 13.1 Å². The van der Waals surface area contributed by atoms with E-state index < -0.39 is 0 Å². The molecule has 2 heterocycles. The number of aliphatic imine (C=N–C) groups is 1. The number of anilines is 1. The largest absolute Gasteiger partial charge is 0.377 e. The highest BCUT2D eigenvalue weighted by Crippen LogP contribution is 2.25. The average Bonchev–Trinajstić information content (AvgIpc) is 2.68. The Labute approximate surface area is 161 Å². The number of benzene rings is 1. The first kappa shape index (κ1) is 19.1. The van der Waals surface area contributed by atoms with Gasteiger partial charge in [-0.2, -0.15) is 0 Å². The van der Waals surface area contributed by atoms with Gasteiger partial charge in [0.15, 0.2) is 5.96 Å². The van der Waals surface area contributed by atoms with Crippen LogP contribution in [0.1, 0.15) is 18.4 Å². The van der Waals surface area contributed by atoms with E-state index in [1.165, 1.54) is 16.8 Å². The number of halogens is 1. The number of piperazine rings is 1. The molecule has 142 valence electrons. The summed E-state index contributed by atoms with van der Waals surface area (Å²) in [6.45, 7) is 8.55. The summed E-state index contributed by atoms with van der Waals surface area (Å²) in [6, 6.07) is 6.12. The Hall–Kier alpha value is -1.72. The third-order valence-electron chi connectivity index (χ3n) is 5.09. The van der Waals surface area contributed by atoms with Gasteiger partial charge in [-0.1, -0.05) is 29.3 Å². The van der Waals surface area contributed by atoms with Gasteiger partial charge in [-0.25, -0.2) is 0 Å². The van der Waals surface area contributed by atoms with Crippen LogP contribution < -0.4 is 10.2 Å². The molecule has 6 heteroatoms. The van der Waals surface area contributed by atoms with Crippen molar-refractivity contribution in [2.45, 2.75) is 19.8 Å². The standard InChI is InChI=1S/C20H29ClN4O/c1-16-3-4-18(21)15-19(16)24-9-11-25(12-10-24)20(22-2)23-8-5-17-6-13-26-14-7-17/h3-4,6,15H,5,7-14H2,1-2H3,(H,22,23). The normalized spacial score (nSPS) is 18.7. The first-order valence-electron chi connectivity index (χ1n) is 9.39. The van der Waals surface area contributed by atoms with E-state index in [0.717, 1.165) is 69.8 Å². The zero-order valence-electron chi connectivity index (χ0n) is 15.8. The van der Waals surface area contributed by atoms with Crippen LogP contribution in [0.15, 0.2) is 34.8 Å². The van der Waals surface area contributed by atoms with Crippen molar-refractivity contribution in [3.8, 4) is 0 Å². The maximum atomic E-state index is 6.18. The third-order valence-corrected chi connectivity index (χ3v) is 5.32. The first-order valence-corrected chi connectivity index (χ1v) is 9.77. The maximum Gasteiger partial charge on any atom is 0.193 e. The zero-order chi connectivity index (χ0) is 18.4. The van der Waals surface area contributed by atoms with E-state index in [2.05, 4.69) is 45.2 Å². The van der Waals surface area contributed by atoms with Crippen molar-refractivity contribution >= 4 is 23.2 Å². The second kappa shape index (κ2) is 9.28. The smallest absolute Gasteiger partial charge is 0.193 e. The number of rotatable bonds is 4. The Morgan fingerprint density at radius 3 is 2.77 bits per heavy atom. The number of ether oxygens (including phenoxy) is 1. The van der Waals surface area contributed by atoms with Crippen LogP contribution >= 0.6 is 11.6 Å². The molecule has 1 fully saturated rings. The van der Waals surface area contributed by atoms with Gasteiger partial charge in [0.2, 0.25) is 0 Å². The molecule has 2 aliphatic rings. The molecule has 0 saturated carbocycles. The molecule has 3 rings (SSSR count). The SMILES string of the molecule is CN=C(NCCC1=CCOCC1)N1CCN(c2cc(Cl)ccc2C)CC1. The van der Waals surface area contributed by atoms with Crippen molar-refractivity contribution in [2.24, 2.45) is 4.99 Å². The lowest BCUT2D eigenvalue weighted by molar-refractivity contribution is 0.153. The topological polar surface area (TPSA) is 40.1 Å². The molecule has 0 amide bonds. The molecule has 26 heavy (non-hydrogen) atoms. The minimum absolute atomic E-state index is 0.759. The van der Waals surface area contributed by atoms with Crippen molar-refractivity contribution in [1.29, 1.82) is 0 Å². The summed E-state index contributed by atoms with van der Waals surface area (Å²) in [5.74, 6) is 1.00. The van der Waals surface area contributed by atoms with Crippen LogP contribution in [0.3, 0.4) is 0 Å². The summed E-state index contributed by atoms with van der Waals surface area (Å²) >= 11 is 6.18. The van der Waals surface area contributed by atoms with Crippen LogP contribution in [0.4, 0.5) is 5.69 Å². The molecule has 0 bridgehead atoms. The highest BCUT2D eigenvalue weighted by Gasteiger charge is 2.21. The number of hydrogen-bond acceptors (Lipinski definition) is 3. The van der Waals surface area contributed by atoms with Crippen molar-refractivity contribution in [2.75, 3.05) is 57.9 Å². The molecule has 0 spiro atoms. The maximum absolute atomic E-state index is 6.18. The van der Waals surface area contributed by atoms with Gasteiger partial charge in [0.1, 0.15) is 0 Å². The molecule has 0 radical (unpaired) electrons. The highest BCUT2D eigenvalue weighted by molar-refractivity contribution is 6.30. The van der Waals surface area contributed by atoms with E-state index in [9.17, 15) is 0 Å². The Kier molecular flexibility index (Phi) is 6.80. The monoisotopic (exact) mass is 376 g/mol. The lowest BCUT2D eigenvalue weighted by Crippen LogP contribution is -2.52. The molecule has 2 aliphatic heterocycles. The first-order chi connectivity index (χ1) is 12.7. The Morgan fingerprint density at radius 2 is 2.08 bits per heavy atom. The predicted molar refractivity (Wildman–Crippen MR) is 109 cm³/mol. The summed E-state index contributed by atoms with van der Waals surface area (Å²) in [5, 5.41) is 4.32. The van der Waals surface area contributed by atoms with Gasteiger partial charge in [0, 0.05) is 50.5 Å². The Balaban J connectivity index is 1.49. The van der Waals surface area contributed by atoms with Gasteiger partial charge in [0.05, 0.1) is 13.2 Å². The van der Waals surface area contributed by atoms with Crippen LogP contribution in [-0.2, 0) is 4.74 Å². The Morgan fingerprint density at radius 1 is 1.27 bits per heavy atom. The van der Waals surface area contributed by atoms with Gasteiger partial charge in [0.25, 0.3) is 0 Å². The fourth-order valence-corrected chi connectivity index (χ4v) is 3.71. The molecule has 5 nitrogen and oxygen atoms in total. The minimum atomic E-state index is 0.759. The van der Waals surface area contributed by atoms with Crippen LogP contribution in [0.2, 0.25) is 5.02 Å². The zero-order valence-corrected chi connectivity index (χ0v) is 16.6. The number of aryl methyl sites for hydroxylation is 1. The van der Waals surface area contributed by atoms with Crippen LogP contribution in [0.25, 0.3) is 0 Å². The van der Waals surface area contributed by atoms with Crippen LogP contribution in [0.5, 0.6) is 0 Å². The van der Waals surface area contributed by atoms with Crippen LogP contribution in [-0.4, -0.2) is 63.8 Å². The second-order valence-corrected chi connectivity index (χ2v) is 7.25. The van der Waals surface area contributed by atoms with Gasteiger partial charge < -0.3 is 19.9 Å². The molecular formula is C20H29ClN4O. The molecule has 1 saturated heterocycles. The molecule has 0 atom stereocenters. The van der Waals surface area contributed by atoms with Gasteiger partial charge >= 0.3 is 0 Å². The molecule has 1 aromatic carbocycles. The number of guanidine groups is 1. The lowest BCUT2D eigenvalue weighted by atomic mass is 10.1. The van der Waals surface area contributed by atoms with Crippen LogP contribution in [0, 0.1) is 6.92 Å².